The minimum atomic E-state index is -0.539. The lowest BCUT2D eigenvalue weighted by Crippen LogP contribution is -2.42. The zero-order valence-corrected chi connectivity index (χ0v) is 29.6. The highest BCUT2D eigenvalue weighted by Gasteiger charge is 2.15. The van der Waals surface area contributed by atoms with Crippen LogP contribution in [-0.4, -0.2) is 68.6 Å². The molecular weight excluding hydrogens is 599 g/mol. The number of esters is 2. The van der Waals surface area contributed by atoms with E-state index >= 15 is 0 Å². The molecule has 0 aromatic carbocycles. The van der Waals surface area contributed by atoms with Gasteiger partial charge in [-0.3, -0.25) is 19.2 Å². The fraction of sp³-hybridized carbons (Fsp3) is 0.879. The summed E-state index contributed by atoms with van der Waals surface area (Å²) < 4.78 is 9.30. The van der Waals surface area contributed by atoms with Crippen molar-refractivity contribution in [3.05, 3.63) is 0 Å². The summed E-state index contributed by atoms with van der Waals surface area (Å²) in [6, 6.07) is -0.539. The van der Waals surface area contributed by atoms with Crippen molar-refractivity contribution in [2.75, 3.05) is 38.8 Å². The smallest absolute Gasteiger partial charge is 0.305 e. The highest BCUT2D eigenvalue weighted by atomic mass is 33.1. The van der Waals surface area contributed by atoms with Crippen molar-refractivity contribution in [3.8, 4) is 0 Å². The molecular formula is C33H63N3O6S2. The molecule has 0 aliphatic rings. The Morgan fingerprint density at radius 3 is 1.30 bits per heavy atom. The van der Waals surface area contributed by atoms with Crippen LogP contribution in [0.2, 0.25) is 0 Å². The number of methoxy groups -OCH3 is 2. The van der Waals surface area contributed by atoms with Gasteiger partial charge in [-0.2, -0.15) is 0 Å². The van der Waals surface area contributed by atoms with Crippen molar-refractivity contribution in [3.63, 3.8) is 0 Å². The third kappa shape index (κ3) is 28.0. The van der Waals surface area contributed by atoms with Crippen LogP contribution in [0, 0.1) is 5.92 Å². The number of nitrogens with one attached hydrogen (secondary N) is 2. The molecule has 2 amide bonds. The summed E-state index contributed by atoms with van der Waals surface area (Å²) in [5.74, 6) is 0.881. The monoisotopic (exact) mass is 661 g/mol. The average molecular weight is 662 g/mol. The van der Waals surface area contributed by atoms with E-state index in [2.05, 4.69) is 20.1 Å². The first kappa shape index (κ1) is 42.5. The molecule has 9 nitrogen and oxygen atoms in total. The average Bonchev–Trinajstić information content (AvgIpc) is 3.03. The first-order valence-electron chi connectivity index (χ1n) is 17.0. The summed E-state index contributed by atoms with van der Waals surface area (Å²) in [5.41, 5.74) is 6.05. The summed E-state index contributed by atoms with van der Waals surface area (Å²) in [7, 11) is 6.02. The minimum absolute atomic E-state index is 0.0803. The van der Waals surface area contributed by atoms with E-state index in [1.807, 2.05) is 6.92 Å². The van der Waals surface area contributed by atoms with Crippen molar-refractivity contribution in [2.24, 2.45) is 11.7 Å². The van der Waals surface area contributed by atoms with E-state index in [0.717, 1.165) is 57.9 Å². The van der Waals surface area contributed by atoms with Gasteiger partial charge in [0.05, 0.1) is 20.3 Å². The van der Waals surface area contributed by atoms with E-state index in [0.29, 0.717) is 30.9 Å². The molecule has 0 aromatic rings. The summed E-state index contributed by atoms with van der Waals surface area (Å²) in [5, 5.41) is 5.99. The number of ether oxygens (including phenoxy) is 2. The lowest BCUT2D eigenvalue weighted by molar-refractivity contribution is -0.141. The fourth-order valence-electron chi connectivity index (χ4n) is 4.62. The Balaban J connectivity index is 3.54. The standard InChI is InChI=1S/C33H63N3O6S2/c1-28(32(39)35-24-20-16-12-8-4-6-10-14-18-22-30(37)41-2)26-43-44-27-29(34)33(40)36-25-21-17-13-9-5-7-11-15-19-23-31(38)42-3/h28-29H,4-27,34H2,1-3H3,(H,35,39)(H,36,40). The van der Waals surface area contributed by atoms with Crippen LogP contribution in [-0.2, 0) is 28.7 Å². The third-order valence-electron chi connectivity index (χ3n) is 7.60. The van der Waals surface area contributed by atoms with Gasteiger partial charge in [0, 0.05) is 43.4 Å². The van der Waals surface area contributed by atoms with Gasteiger partial charge in [0.2, 0.25) is 11.8 Å². The zero-order valence-electron chi connectivity index (χ0n) is 28.0. The number of nitrogens with two attached hydrogens (primary N) is 1. The van der Waals surface area contributed by atoms with E-state index in [4.69, 9.17) is 5.73 Å². The highest BCUT2D eigenvalue weighted by Crippen LogP contribution is 2.24. The van der Waals surface area contributed by atoms with Gasteiger partial charge in [0.1, 0.15) is 0 Å². The van der Waals surface area contributed by atoms with Crippen LogP contribution in [0.25, 0.3) is 0 Å². The van der Waals surface area contributed by atoms with Crippen molar-refractivity contribution in [2.45, 2.75) is 141 Å². The molecule has 11 heteroatoms. The van der Waals surface area contributed by atoms with Crippen LogP contribution >= 0.6 is 21.6 Å². The van der Waals surface area contributed by atoms with Gasteiger partial charge in [0.15, 0.2) is 0 Å². The number of hydrogen-bond acceptors (Lipinski definition) is 9. The summed E-state index contributed by atoms with van der Waals surface area (Å²) in [4.78, 5) is 46.7. The van der Waals surface area contributed by atoms with Crippen LogP contribution in [0.15, 0.2) is 0 Å². The molecule has 44 heavy (non-hydrogen) atoms. The minimum Gasteiger partial charge on any atom is -0.469 e. The van der Waals surface area contributed by atoms with Crippen LogP contribution in [0.1, 0.15) is 135 Å². The van der Waals surface area contributed by atoms with E-state index in [9.17, 15) is 19.2 Å². The topological polar surface area (TPSA) is 137 Å². The van der Waals surface area contributed by atoms with Crippen LogP contribution in [0.3, 0.4) is 0 Å². The van der Waals surface area contributed by atoms with Gasteiger partial charge in [0.25, 0.3) is 0 Å². The molecule has 2 unspecified atom stereocenters. The number of unbranched alkanes of at least 4 members (excludes halogenated alkanes) is 16. The quantitative estimate of drug-likeness (QED) is 0.0421. The molecule has 0 heterocycles. The van der Waals surface area contributed by atoms with Gasteiger partial charge in [-0.25, -0.2) is 0 Å². The highest BCUT2D eigenvalue weighted by molar-refractivity contribution is 8.76. The largest absolute Gasteiger partial charge is 0.469 e. The van der Waals surface area contributed by atoms with Crippen molar-refractivity contribution in [1.82, 2.24) is 10.6 Å². The second-order valence-electron chi connectivity index (χ2n) is 11.7. The second kappa shape index (κ2) is 31.5. The number of rotatable bonds is 31. The molecule has 0 spiro atoms. The Morgan fingerprint density at radius 2 is 0.886 bits per heavy atom. The maximum Gasteiger partial charge on any atom is 0.305 e. The normalized spacial score (nSPS) is 12.4. The molecule has 0 saturated heterocycles. The zero-order chi connectivity index (χ0) is 32.7. The predicted molar refractivity (Wildman–Crippen MR) is 184 cm³/mol. The van der Waals surface area contributed by atoms with Crippen LogP contribution < -0.4 is 16.4 Å². The molecule has 0 rings (SSSR count). The first-order chi connectivity index (χ1) is 21.3. The first-order valence-corrected chi connectivity index (χ1v) is 19.5. The number of carbonyl (C=O) groups is 4. The molecule has 0 aliphatic carbocycles. The maximum absolute atomic E-state index is 12.3. The van der Waals surface area contributed by atoms with Crippen LogP contribution in [0.5, 0.6) is 0 Å². The molecule has 0 aliphatic heterocycles. The molecule has 0 aromatic heterocycles. The van der Waals surface area contributed by atoms with E-state index in [-0.39, 0.29) is 29.7 Å². The molecule has 2 atom stereocenters. The van der Waals surface area contributed by atoms with Gasteiger partial charge >= 0.3 is 11.9 Å². The third-order valence-corrected chi connectivity index (χ3v) is 10.2. The molecule has 4 N–H and O–H groups in total. The Labute approximate surface area is 275 Å². The summed E-state index contributed by atoms with van der Waals surface area (Å²) >= 11 is 0. The van der Waals surface area contributed by atoms with E-state index < -0.39 is 6.04 Å². The molecule has 0 radical (unpaired) electrons. The summed E-state index contributed by atoms with van der Waals surface area (Å²) in [6.45, 7) is 3.32. The van der Waals surface area contributed by atoms with Gasteiger partial charge in [-0.1, -0.05) is 118 Å². The second-order valence-corrected chi connectivity index (χ2v) is 14.2. The Bertz CT molecular complexity index is 684. The lowest BCUT2D eigenvalue weighted by atomic mass is 10.1. The van der Waals surface area contributed by atoms with Crippen LogP contribution in [0.4, 0.5) is 0 Å². The number of amides is 2. The van der Waals surface area contributed by atoms with Crippen molar-refractivity contribution in [1.29, 1.82) is 0 Å². The molecule has 0 saturated carbocycles. The number of carbonyl (C=O) groups excluding carboxylic acids is 4. The Kier molecular flexibility index (Phi) is 30.5. The number of hydrogen-bond donors (Lipinski definition) is 3. The van der Waals surface area contributed by atoms with Crippen molar-refractivity contribution >= 4 is 45.3 Å². The molecule has 0 bridgehead atoms. The lowest BCUT2D eigenvalue weighted by Gasteiger charge is -2.14. The Morgan fingerprint density at radius 1 is 0.545 bits per heavy atom. The maximum atomic E-state index is 12.3. The summed E-state index contributed by atoms with van der Waals surface area (Å²) in [6.07, 6.45) is 21.2. The fourth-order valence-corrected chi connectivity index (χ4v) is 7.09. The van der Waals surface area contributed by atoms with Crippen molar-refractivity contribution < 1.29 is 28.7 Å². The SMILES string of the molecule is COC(=O)CCCCCCCCCCCNC(=O)C(C)CSSCC(N)C(=O)NCCCCCCCCCCCC(=O)OC. The van der Waals surface area contributed by atoms with E-state index in [1.165, 1.54) is 78.4 Å². The Hall–Kier alpha value is -1.46. The van der Waals surface area contributed by atoms with Gasteiger partial charge in [-0.15, -0.1) is 0 Å². The van der Waals surface area contributed by atoms with E-state index in [1.54, 1.807) is 21.6 Å². The molecule has 0 fully saturated rings. The van der Waals surface area contributed by atoms with Gasteiger partial charge in [-0.05, 0) is 25.7 Å². The predicted octanol–water partition coefficient (Wildman–Crippen LogP) is 6.71. The van der Waals surface area contributed by atoms with Gasteiger partial charge < -0.3 is 25.8 Å². The molecule has 258 valence electrons.